The molecule has 0 aliphatic rings. The van der Waals surface area contributed by atoms with Crippen LogP contribution in [0, 0.1) is 6.92 Å². The van der Waals surface area contributed by atoms with Crippen LogP contribution >= 0.6 is 0 Å². The van der Waals surface area contributed by atoms with E-state index in [0.29, 0.717) is 39.7 Å². The SMILES string of the molecule is COc1cccc(OC)c1C(=O)Nc1ccc2oc(-c3ccc(C)cc3)nc2c1. The van der Waals surface area contributed by atoms with Gasteiger partial charge in [0.05, 0.1) is 14.2 Å². The summed E-state index contributed by atoms with van der Waals surface area (Å²) in [5.74, 6) is 1.08. The Balaban J connectivity index is 1.64. The summed E-state index contributed by atoms with van der Waals surface area (Å²) >= 11 is 0. The monoisotopic (exact) mass is 388 g/mol. The number of carbonyl (C=O) groups excluding carboxylic acids is 1. The van der Waals surface area contributed by atoms with E-state index in [4.69, 9.17) is 13.9 Å². The summed E-state index contributed by atoms with van der Waals surface area (Å²) in [5, 5.41) is 2.88. The Bertz CT molecular complexity index is 1160. The lowest BCUT2D eigenvalue weighted by molar-refractivity contribution is 0.102. The normalized spacial score (nSPS) is 10.7. The molecule has 1 aromatic heterocycles. The van der Waals surface area contributed by atoms with Crippen LogP contribution in [0.5, 0.6) is 11.5 Å². The quantitative estimate of drug-likeness (QED) is 0.516. The van der Waals surface area contributed by atoms with Gasteiger partial charge in [0, 0.05) is 11.3 Å². The number of hydrogen-bond acceptors (Lipinski definition) is 5. The molecule has 1 heterocycles. The summed E-state index contributed by atoms with van der Waals surface area (Å²) in [6, 6.07) is 18.5. The van der Waals surface area contributed by atoms with Crippen molar-refractivity contribution in [2.24, 2.45) is 0 Å². The minimum Gasteiger partial charge on any atom is -0.496 e. The Kier molecular flexibility index (Phi) is 4.91. The lowest BCUT2D eigenvalue weighted by Crippen LogP contribution is -2.14. The third kappa shape index (κ3) is 3.65. The van der Waals surface area contributed by atoms with Crippen molar-refractivity contribution in [1.82, 2.24) is 4.98 Å². The maximum atomic E-state index is 12.9. The molecule has 0 spiro atoms. The number of amides is 1. The molecule has 0 aliphatic carbocycles. The fourth-order valence-electron chi connectivity index (χ4n) is 3.09. The molecule has 4 rings (SSSR count). The van der Waals surface area contributed by atoms with E-state index < -0.39 is 0 Å². The molecule has 6 heteroatoms. The molecule has 0 unspecified atom stereocenters. The molecule has 0 saturated heterocycles. The molecule has 146 valence electrons. The van der Waals surface area contributed by atoms with Crippen LogP contribution < -0.4 is 14.8 Å². The second-order valence-corrected chi connectivity index (χ2v) is 6.56. The van der Waals surface area contributed by atoms with Gasteiger partial charge in [0.15, 0.2) is 5.58 Å². The van der Waals surface area contributed by atoms with E-state index in [0.717, 1.165) is 5.56 Å². The number of methoxy groups -OCH3 is 2. The maximum absolute atomic E-state index is 12.9. The van der Waals surface area contributed by atoms with Gasteiger partial charge in [-0.2, -0.15) is 0 Å². The van der Waals surface area contributed by atoms with Gasteiger partial charge in [-0.15, -0.1) is 0 Å². The smallest absolute Gasteiger partial charge is 0.263 e. The first kappa shape index (κ1) is 18.6. The molecule has 1 amide bonds. The predicted octanol–water partition coefficient (Wildman–Crippen LogP) is 5.07. The molecule has 0 saturated carbocycles. The second-order valence-electron chi connectivity index (χ2n) is 6.56. The van der Waals surface area contributed by atoms with E-state index in [9.17, 15) is 4.79 Å². The van der Waals surface area contributed by atoms with Crippen LogP contribution in [0.3, 0.4) is 0 Å². The maximum Gasteiger partial charge on any atom is 0.263 e. The highest BCUT2D eigenvalue weighted by molar-refractivity contribution is 6.08. The van der Waals surface area contributed by atoms with Crippen LogP contribution in [0.25, 0.3) is 22.6 Å². The third-order valence-electron chi connectivity index (χ3n) is 4.60. The summed E-state index contributed by atoms with van der Waals surface area (Å²) < 4.78 is 16.5. The number of nitrogens with zero attached hydrogens (tertiary/aromatic N) is 1. The number of aromatic nitrogens is 1. The third-order valence-corrected chi connectivity index (χ3v) is 4.60. The zero-order chi connectivity index (χ0) is 20.4. The number of ether oxygens (including phenoxy) is 2. The summed E-state index contributed by atoms with van der Waals surface area (Å²) in [6.45, 7) is 2.03. The number of anilines is 1. The second kappa shape index (κ2) is 7.67. The number of fused-ring (bicyclic) bond motifs is 1. The van der Waals surface area contributed by atoms with Crippen molar-refractivity contribution in [2.45, 2.75) is 6.92 Å². The number of benzene rings is 3. The van der Waals surface area contributed by atoms with Gasteiger partial charge in [-0.1, -0.05) is 23.8 Å². The van der Waals surface area contributed by atoms with Crippen molar-refractivity contribution in [3.05, 3.63) is 71.8 Å². The molecule has 29 heavy (non-hydrogen) atoms. The molecule has 4 aromatic rings. The molecule has 0 aliphatic heterocycles. The standard InChI is InChI=1S/C23H20N2O4/c1-14-7-9-15(10-8-14)23-25-17-13-16(11-12-18(17)29-23)24-22(26)21-19(27-2)5-4-6-20(21)28-3/h4-13H,1-3H3,(H,24,26). The Labute approximate surface area is 168 Å². The van der Waals surface area contributed by atoms with Crippen LogP contribution in [0.1, 0.15) is 15.9 Å². The first-order valence-electron chi connectivity index (χ1n) is 9.09. The van der Waals surface area contributed by atoms with Crippen LogP contribution in [-0.4, -0.2) is 25.1 Å². The van der Waals surface area contributed by atoms with Crippen molar-refractivity contribution < 1.29 is 18.7 Å². The number of carbonyl (C=O) groups is 1. The van der Waals surface area contributed by atoms with Crippen LogP contribution in [0.2, 0.25) is 0 Å². The Morgan fingerprint density at radius 3 is 2.31 bits per heavy atom. The van der Waals surface area contributed by atoms with E-state index in [1.807, 2.05) is 31.2 Å². The summed E-state index contributed by atoms with van der Waals surface area (Å²) in [6.07, 6.45) is 0. The zero-order valence-electron chi connectivity index (χ0n) is 16.4. The zero-order valence-corrected chi connectivity index (χ0v) is 16.4. The molecule has 3 aromatic carbocycles. The molecular weight excluding hydrogens is 368 g/mol. The summed E-state index contributed by atoms with van der Waals surface area (Å²) in [5.41, 5.74) is 4.30. The lowest BCUT2D eigenvalue weighted by Gasteiger charge is -2.12. The average Bonchev–Trinajstić information content (AvgIpc) is 3.16. The number of aryl methyl sites for hydroxylation is 1. The fraction of sp³-hybridized carbons (Fsp3) is 0.130. The highest BCUT2D eigenvalue weighted by Crippen LogP contribution is 2.30. The highest BCUT2D eigenvalue weighted by atomic mass is 16.5. The first-order chi connectivity index (χ1) is 14.1. The topological polar surface area (TPSA) is 73.6 Å². The first-order valence-corrected chi connectivity index (χ1v) is 9.09. The molecular formula is C23H20N2O4. The largest absolute Gasteiger partial charge is 0.496 e. The van der Waals surface area contributed by atoms with Crippen molar-refractivity contribution in [2.75, 3.05) is 19.5 Å². The van der Waals surface area contributed by atoms with Gasteiger partial charge in [0.1, 0.15) is 22.6 Å². The summed E-state index contributed by atoms with van der Waals surface area (Å²) in [7, 11) is 3.03. The van der Waals surface area contributed by atoms with Gasteiger partial charge < -0.3 is 19.2 Å². The van der Waals surface area contributed by atoms with Crippen LogP contribution in [0.4, 0.5) is 5.69 Å². The van der Waals surface area contributed by atoms with E-state index >= 15 is 0 Å². The van der Waals surface area contributed by atoms with Gasteiger partial charge in [-0.25, -0.2) is 4.98 Å². The summed E-state index contributed by atoms with van der Waals surface area (Å²) in [4.78, 5) is 17.4. The van der Waals surface area contributed by atoms with Gasteiger partial charge in [0.25, 0.3) is 5.91 Å². The number of hydrogen-bond donors (Lipinski definition) is 1. The number of nitrogens with one attached hydrogen (secondary N) is 1. The number of rotatable bonds is 5. The molecule has 0 fully saturated rings. The van der Waals surface area contributed by atoms with E-state index in [1.165, 1.54) is 19.8 Å². The van der Waals surface area contributed by atoms with Crippen molar-refractivity contribution in [3.8, 4) is 23.0 Å². The Morgan fingerprint density at radius 2 is 1.66 bits per heavy atom. The molecule has 0 bridgehead atoms. The van der Waals surface area contributed by atoms with Crippen LogP contribution in [0.15, 0.2) is 65.1 Å². The van der Waals surface area contributed by atoms with Gasteiger partial charge >= 0.3 is 0 Å². The number of oxazole rings is 1. The lowest BCUT2D eigenvalue weighted by atomic mass is 10.1. The van der Waals surface area contributed by atoms with E-state index in [2.05, 4.69) is 10.3 Å². The van der Waals surface area contributed by atoms with Gasteiger partial charge in [-0.3, -0.25) is 4.79 Å². The molecule has 6 nitrogen and oxygen atoms in total. The Morgan fingerprint density at radius 1 is 0.966 bits per heavy atom. The predicted molar refractivity (Wildman–Crippen MR) is 112 cm³/mol. The molecule has 1 N–H and O–H groups in total. The van der Waals surface area contributed by atoms with Gasteiger partial charge in [-0.05, 0) is 49.4 Å². The molecule has 0 radical (unpaired) electrons. The minimum atomic E-state index is -0.332. The van der Waals surface area contributed by atoms with Crippen molar-refractivity contribution >= 4 is 22.7 Å². The highest BCUT2D eigenvalue weighted by Gasteiger charge is 2.19. The minimum absolute atomic E-state index is 0.332. The Hall–Kier alpha value is -3.80. The fourth-order valence-corrected chi connectivity index (χ4v) is 3.09. The van der Waals surface area contributed by atoms with Crippen molar-refractivity contribution in [3.63, 3.8) is 0 Å². The molecule has 0 atom stereocenters. The van der Waals surface area contributed by atoms with E-state index in [1.54, 1.807) is 36.4 Å². The van der Waals surface area contributed by atoms with Gasteiger partial charge in [0.2, 0.25) is 5.89 Å². The van der Waals surface area contributed by atoms with Crippen LogP contribution in [-0.2, 0) is 0 Å². The van der Waals surface area contributed by atoms with E-state index in [-0.39, 0.29) is 5.91 Å². The van der Waals surface area contributed by atoms with Crippen molar-refractivity contribution in [1.29, 1.82) is 0 Å². The average molecular weight is 388 g/mol.